The van der Waals surface area contributed by atoms with Gasteiger partial charge in [-0.3, -0.25) is 0 Å². The zero-order valence-corrected chi connectivity index (χ0v) is 6.84. The van der Waals surface area contributed by atoms with Crippen LogP contribution >= 0.6 is 0 Å². The summed E-state index contributed by atoms with van der Waals surface area (Å²) in [6.07, 6.45) is 1.08. The van der Waals surface area contributed by atoms with Crippen LogP contribution in [0.15, 0.2) is 16.7 Å². The van der Waals surface area contributed by atoms with Gasteiger partial charge in [0.05, 0.1) is 5.57 Å². The first kappa shape index (κ1) is 9.36. The fourth-order valence-corrected chi connectivity index (χ4v) is 1.23. The maximum absolute atomic E-state index is 12.3. The third-order valence-electron chi connectivity index (χ3n) is 1.71. The Kier molecular flexibility index (Phi) is 2.31. The highest BCUT2D eigenvalue weighted by Crippen LogP contribution is 2.36. The molecule has 0 N–H and O–H groups in total. The summed E-state index contributed by atoms with van der Waals surface area (Å²) in [5.41, 5.74) is -0.0914. The quantitative estimate of drug-likeness (QED) is 0.528. The summed E-state index contributed by atoms with van der Waals surface area (Å²) >= 11 is 0. The summed E-state index contributed by atoms with van der Waals surface area (Å²) in [5.74, 6) is 0. The largest absolute Gasteiger partial charge is 0.416 e. The van der Waals surface area contributed by atoms with Crippen LogP contribution in [0, 0.1) is 12.5 Å². The molecule has 0 fully saturated rings. The van der Waals surface area contributed by atoms with E-state index >= 15 is 0 Å². The Labute approximate surface area is 69.8 Å². The molecule has 0 aliphatic heterocycles. The van der Waals surface area contributed by atoms with Crippen molar-refractivity contribution in [3.63, 3.8) is 0 Å². The van der Waals surface area contributed by atoms with Crippen molar-refractivity contribution in [2.24, 2.45) is 0 Å². The number of halogens is 3. The molecule has 65 valence electrons. The average Bonchev–Trinajstić information content (AvgIpc) is 1.82. The number of hydrogen-bond acceptors (Lipinski definition) is 0. The van der Waals surface area contributed by atoms with Crippen molar-refractivity contribution < 1.29 is 13.2 Å². The highest BCUT2D eigenvalue weighted by atomic mass is 19.4. The van der Waals surface area contributed by atoms with Gasteiger partial charge in [-0.25, -0.2) is 0 Å². The van der Waals surface area contributed by atoms with Crippen molar-refractivity contribution >= 4 is 0 Å². The number of hydrogen-bond donors (Lipinski definition) is 0. The van der Waals surface area contributed by atoms with E-state index in [4.69, 9.17) is 0 Å². The maximum atomic E-state index is 12.3. The molecule has 0 spiro atoms. The lowest BCUT2D eigenvalue weighted by molar-refractivity contribution is -0.0904. The molecule has 0 bridgehead atoms. The van der Waals surface area contributed by atoms with Gasteiger partial charge in [0.1, 0.15) is 0 Å². The zero-order chi connectivity index (χ0) is 9.35. The topological polar surface area (TPSA) is 0 Å². The second-order valence-electron chi connectivity index (χ2n) is 2.76. The van der Waals surface area contributed by atoms with Crippen molar-refractivity contribution in [1.82, 2.24) is 0 Å². The van der Waals surface area contributed by atoms with Gasteiger partial charge in [-0.1, -0.05) is 5.57 Å². The summed E-state index contributed by atoms with van der Waals surface area (Å²) in [6.45, 7) is 2.87. The molecule has 3 heteroatoms. The van der Waals surface area contributed by atoms with Crippen LogP contribution < -0.4 is 0 Å². The van der Waals surface area contributed by atoms with E-state index in [0.29, 0.717) is 5.57 Å². The van der Waals surface area contributed by atoms with Gasteiger partial charge in [0.25, 0.3) is 0 Å². The Morgan fingerprint density at radius 3 is 2.17 bits per heavy atom. The van der Waals surface area contributed by atoms with Crippen LogP contribution in [-0.2, 0) is 0 Å². The van der Waals surface area contributed by atoms with E-state index in [9.17, 15) is 13.2 Å². The predicted octanol–water partition coefficient (Wildman–Crippen LogP) is 3.10. The Morgan fingerprint density at radius 1 is 1.25 bits per heavy atom. The molecular formula is C9H8F3. The van der Waals surface area contributed by atoms with Crippen LogP contribution in [0.25, 0.3) is 0 Å². The highest BCUT2D eigenvalue weighted by Gasteiger charge is 2.36. The van der Waals surface area contributed by atoms with E-state index in [2.05, 4.69) is 12.5 Å². The van der Waals surface area contributed by atoms with Crippen LogP contribution in [-0.4, -0.2) is 6.18 Å². The van der Waals surface area contributed by atoms with E-state index in [1.54, 1.807) is 0 Å². The molecule has 12 heavy (non-hydrogen) atoms. The standard InChI is InChI=1S/C9H8F3/c1-6-4-3-5-7(2)8(6)9(10,11)12/h4H2,1-2H3. The number of allylic oxidation sites excluding steroid dienone is 4. The fourth-order valence-electron chi connectivity index (χ4n) is 1.23. The van der Waals surface area contributed by atoms with Gasteiger partial charge in [0.15, 0.2) is 0 Å². The first-order valence-corrected chi connectivity index (χ1v) is 3.52. The highest BCUT2D eigenvalue weighted by molar-refractivity contribution is 5.40. The Balaban J connectivity index is 3.07. The summed E-state index contributed by atoms with van der Waals surface area (Å²) in [7, 11) is 0. The van der Waals surface area contributed by atoms with E-state index in [1.807, 2.05) is 0 Å². The van der Waals surface area contributed by atoms with E-state index < -0.39 is 11.7 Å². The zero-order valence-electron chi connectivity index (χ0n) is 6.84. The third-order valence-corrected chi connectivity index (χ3v) is 1.71. The number of alkyl halides is 3. The van der Waals surface area contributed by atoms with Crippen LogP contribution in [0.1, 0.15) is 20.3 Å². The van der Waals surface area contributed by atoms with E-state index in [0.717, 1.165) is 0 Å². The summed E-state index contributed by atoms with van der Waals surface area (Å²) in [4.78, 5) is 0. The van der Waals surface area contributed by atoms with Gasteiger partial charge in [-0.05, 0) is 31.9 Å². The molecule has 1 aliphatic rings. The first-order valence-electron chi connectivity index (χ1n) is 3.52. The third kappa shape index (κ3) is 1.71. The Bertz CT molecular complexity index is 243. The predicted molar refractivity (Wildman–Crippen MR) is 39.0 cm³/mol. The van der Waals surface area contributed by atoms with Gasteiger partial charge < -0.3 is 0 Å². The molecule has 0 aromatic heterocycles. The minimum atomic E-state index is -4.25. The molecule has 0 saturated heterocycles. The van der Waals surface area contributed by atoms with Crippen molar-refractivity contribution in [2.75, 3.05) is 0 Å². The molecule has 0 atom stereocenters. The molecule has 0 aromatic rings. The maximum Gasteiger partial charge on any atom is 0.416 e. The minimum absolute atomic E-state index is 0.131. The molecule has 0 saturated carbocycles. The van der Waals surface area contributed by atoms with E-state index in [-0.39, 0.29) is 12.0 Å². The average molecular weight is 173 g/mol. The molecule has 0 unspecified atom stereocenters. The first-order chi connectivity index (χ1) is 5.43. The van der Waals surface area contributed by atoms with Crippen molar-refractivity contribution in [1.29, 1.82) is 0 Å². The van der Waals surface area contributed by atoms with Crippen LogP contribution in [0.4, 0.5) is 13.2 Å². The fraction of sp³-hybridized carbons (Fsp3) is 0.444. The lowest BCUT2D eigenvalue weighted by Crippen LogP contribution is -2.17. The molecule has 0 nitrogen and oxygen atoms in total. The number of rotatable bonds is 0. The lowest BCUT2D eigenvalue weighted by atomic mass is 9.92. The summed E-state index contributed by atoms with van der Waals surface area (Å²) < 4.78 is 36.9. The van der Waals surface area contributed by atoms with E-state index in [1.165, 1.54) is 13.8 Å². The van der Waals surface area contributed by atoms with Gasteiger partial charge in [0, 0.05) is 6.42 Å². The smallest absolute Gasteiger partial charge is 0.166 e. The molecular weight excluding hydrogens is 165 g/mol. The van der Waals surface area contributed by atoms with Crippen LogP contribution in [0.5, 0.6) is 0 Å². The molecule has 3 radical (unpaired) electrons. The lowest BCUT2D eigenvalue weighted by Gasteiger charge is -2.18. The molecule has 1 rings (SSSR count). The molecule has 0 heterocycles. The monoisotopic (exact) mass is 173 g/mol. The Hall–Kier alpha value is -0.730. The second kappa shape index (κ2) is 2.96. The van der Waals surface area contributed by atoms with Gasteiger partial charge in [-0.2, -0.15) is 13.2 Å². The van der Waals surface area contributed by atoms with Gasteiger partial charge in [-0.15, -0.1) is 0 Å². The van der Waals surface area contributed by atoms with Crippen molar-refractivity contribution in [3.8, 4) is 0 Å². The van der Waals surface area contributed by atoms with Crippen LogP contribution in [0.2, 0.25) is 0 Å². The Morgan fingerprint density at radius 2 is 1.83 bits per heavy atom. The van der Waals surface area contributed by atoms with Gasteiger partial charge >= 0.3 is 6.18 Å². The summed E-state index contributed by atoms with van der Waals surface area (Å²) in [6, 6.07) is 0. The summed E-state index contributed by atoms with van der Waals surface area (Å²) in [5, 5.41) is 0. The van der Waals surface area contributed by atoms with Crippen molar-refractivity contribution in [3.05, 3.63) is 29.2 Å². The minimum Gasteiger partial charge on any atom is -0.166 e. The second-order valence-corrected chi connectivity index (χ2v) is 2.76. The molecule has 1 aliphatic carbocycles. The van der Waals surface area contributed by atoms with Crippen molar-refractivity contribution in [2.45, 2.75) is 26.4 Å². The molecule has 0 amide bonds. The molecule has 0 aromatic carbocycles. The SMILES string of the molecule is CC1=[C][C]CC(C)=C1C(F)(F)F. The van der Waals surface area contributed by atoms with Gasteiger partial charge in [0.2, 0.25) is 0 Å². The normalized spacial score (nSPS) is 19.6. The van der Waals surface area contributed by atoms with Crippen LogP contribution in [0.3, 0.4) is 0 Å².